The molecule has 2 N–H and O–H groups in total. The Morgan fingerprint density at radius 1 is 0.727 bits per heavy atom. The van der Waals surface area contributed by atoms with E-state index in [0.29, 0.717) is 24.3 Å². The van der Waals surface area contributed by atoms with Crippen molar-refractivity contribution in [2.24, 2.45) is 0 Å². The molecule has 0 spiro atoms. The van der Waals surface area contributed by atoms with Crippen LogP contribution < -0.4 is 0 Å². The maximum Gasteiger partial charge on any atom is 0.183 e. The molecule has 0 aliphatic carbocycles. The fourth-order valence-electron chi connectivity index (χ4n) is 2.70. The predicted molar refractivity (Wildman–Crippen MR) is 92.8 cm³/mol. The molecule has 0 unspecified atom stereocenters. The predicted octanol–water partition coefficient (Wildman–Crippen LogP) is 3.31. The van der Waals surface area contributed by atoms with Crippen LogP contribution in [0, 0.1) is 0 Å². The number of likely N-dealkylation sites (N-methyl/N-ethyl adjacent to an activating group) is 1. The van der Waals surface area contributed by atoms with E-state index in [2.05, 4.69) is 6.92 Å². The summed E-state index contributed by atoms with van der Waals surface area (Å²) < 4.78 is 6.31. The average Bonchev–Trinajstić information content (AvgIpc) is 2.49. The molecule has 0 aromatic carbocycles. The van der Waals surface area contributed by atoms with E-state index in [1.165, 1.54) is 57.8 Å². The van der Waals surface area contributed by atoms with E-state index in [-0.39, 0.29) is 13.2 Å². The Morgan fingerprint density at radius 2 is 1.18 bits per heavy atom. The van der Waals surface area contributed by atoms with Gasteiger partial charge < -0.3 is 14.9 Å². The fourth-order valence-corrected chi connectivity index (χ4v) is 2.70. The highest BCUT2D eigenvalue weighted by Crippen LogP contribution is 2.10. The van der Waals surface area contributed by atoms with Gasteiger partial charge in [-0.2, -0.15) is 0 Å². The molecule has 0 aliphatic heterocycles. The molecule has 0 saturated heterocycles. The highest BCUT2D eigenvalue weighted by atomic mass is 16.5. The van der Waals surface area contributed by atoms with E-state index in [1.807, 2.05) is 7.05 Å². The third-order valence-corrected chi connectivity index (χ3v) is 4.32. The third-order valence-electron chi connectivity index (χ3n) is 4.32. The lowest BCUT2D eigenvalue weighted by Gasteiger charge is -2.32. The van der Waals surface area contributed by atoms with Crippen LogP contribution in [0.4, 0.5) is 0 Å². The molecule has 134 valence electrons. The minimum atomic E-state index is 0.137. The molecular formula is C18H40NO3+. The van der Waals surface area contributed by atoms with Crippen molar-refractivity contribution in [3.8, 4) is 0 Å². The largest absolute Gasteiger partial charge is 0.391 e. The second-order valence-corrected chi connectivity index (χ2v) is 6.73. The van der Waals surface area contributed by atoms with Crippen molar-refractivity contribution < 1.29 is 19.4 Å². The van der Waals surface area contributed by atoms with Crippen LogP contribution in [0.25, 0.3) is 0 Å². The molecule has 0 radical (unpaired) electrons. The zero-order chi connectivity index (χ0) is 16.5. The lowest BCUT2D eigenvalue weighted by Crippen LogP contribution is -2.49. The molecule has 0 aromatic rings. The third kappa shape index (κ3) is 13.5. The van der Waals surface area contributed by atoms with Gasteiger partial charge in [-0.05, 0) is 6.42 Å². The Labute approximate surface area is 138 Å². The lowest BCUT2D eigenvalue weighted by molar-refractivity contribution is -0.928. The van der Waals surface area contributed by atoms with Crippen LogP contribution in [0.15, 0.2) is 0 Å². The summed E-state index contributed by atoms with van der Waals surface area (Å²) in [5.41, 5.74) is 0. The van der Waals surface area contributed by atoms with Gasteiger partial charge in [-0.3, -0.25) is 4.48 Å². The molecule has 4 heteroatoms. The standard InChI is InChI=1S/C18H40NO3/c1-3-4-5-6-7-8-9-10-11-12-17-22-18-19(2,13-15-20)14-16-21/h20-21H,3-18H2,1-2H3/q+1. The molecule has 22 heavy (non-hydrogen) atoms. The van der Waals surface area contributed by atoms with Crippen LogP contribution in [-0.4, -0.2) is 61.4 Å². The quantitative estimate of drug-likeness (QED) is 0.246. The summed E-state index contributed by atoms with van der Waals surface area (Å²) in [7, 11) is 2.02. The first-order valence-corrected chi connectivity index (χ1v) is 9.31. The number of nitrogens with zero attached hydrogens (tertiary/aromatic N) is 1. The van der Waals surface area contributed by atoms with Gasteiger partial charge in [0.1, 0.15) is 13.1 Å². The lowest BCUT2D eigenvalue weighted by atomic mass is 10.1. The minimum absolute atomic E-state index is 0.137. The molecule has 0 aromatic heterocycles. The van der Waals surface area contributed by atoms with Crippen LogP contribution in [-0.2, 0) is 4.74 Å². The van der Waals surface area contributed by atoms with Crippen LogP contribution in [0.2, 0.25) is 0 Å². The Kier molecular flexibility index (Phi) is 15.6. The number of rotatable bonds is 17. The number of quaternary nitrogens is 1. The van der Waals surface area contributed by atoms with E-state index in [0.717, 1.165) is 13.0 Å². The summed E-state index contributed by atoms with van der Waals surface area (Å²) in [5.74, 6) is 0. The van der Waals surface area contributed by atoms with Crippen molar-refractivity contribution in [1.29, 1.82) is 0 Å². The second kappa shape index (κ2) is 15.7. The first kappa shape index (κ1) is 21.8. The average molecular weight is 319 g/mol. The van der Waals surface area contributed by atoms with Gasteiger partial charge in [0.15, 0.2) is 6.73 Å². The van der Waals surface area contributed by atoms with Crippen molar-refractivity contribution in [1.82, 2.24) is 0 Å². The molecule has 0 bridgehead atoms. The molecule has 0 rings (SSSR count). The number of hydrogen-bond donors (Lipinski definition) is 2. The SMILES string of the molecule is CCCCCCCCCCCCOC[N+](C)(CCO)CCO. The summed E-state index contributed by atoms with van der Waals surface area (Å²) in [6, 6.07) is 0. The molecule has 4 nitrogen and oxygen atoms in total. The second-order valence-electron chi connectivity index (χ2n) is 6.73. The number of hydrogen-bond acceptors (Lipinski definition) is 3. The van der Waals surface area contributed by atoms with Crippen molar-refractivity contribution in [2.45, 2.75) is 71.1 Å². The Bertz CT molecular complexity index is 218. The van der Waals surface area contributed by atoms with Gasteiger partial charge in [-0.25, -0.2) is 0 Å². The highest BCUT2D eigenvalue weighted by Gasteiger charge is 2.20. The van der Waals surface area contributed by atoms with Gasteiger partial charge in [-0.1, -0.05) is 64.7 Å². The summed E-state index contributed by atoms with van der Waals surface area (Å²) >= 11 is 0. The number of aliphatic hydroxyl groups is 2. The normalized spacial score (nSPS) is 12.0. The van der Waals surface area contributed by atoms with Crippen LogP contribution >= 0.6 is 0 Å². The summed E-state index contributed by atoms with van der Waals surface area (Å²) in [6.45, 7) is 5.18. The minimum Gasteiger partial charge on any atom is -0.391 e. The van der Waals surface area contributed by atoms with E-state index in [9.17, 15) is 0 Å². The van der Waals surface area contributed by atoms with Crippen LogP contribution in [0.3, 0.4) is 0 Å². The molecular weight excluding hydrogens is 278 g/mol. The number of unbranched alkanes of at least 4 members (excludes halogenated alkanes) is 9. The fraction of sp³-hybridized carbons (Fsp3) is 1.00. The molecule has 0 aliphatic rings. The Morgan fingerprint density at radius 3 is 1.64 bits per heavy atom. The number of ether oxygens (including phenoxy) is 1. The van der Waals surface area contributed by atoms with Crippen molar-refractivity contribution >= 4 is 0 Å². The maximum absolute atomic E-state index is 9.07. The van der Waals surface area contributed by atoms with Crippen molar-refractivity contribution in [3.05, 3.63) is 0 Å². The monoisotopic (exact) mass is 318 g/mol. The molecule has 0 saturated carbocycles. The zero-order valence-electron chi connectivity index (χ0n) is 15.1. The summed E-state index contributed by atoms with van der Waals surface area (Å²) in [6.07, 6.45) is 13.3. The highest BCUT2D eigenvalue weighted by molar-refractivity contribution is 4.47. The molecule has 0 fully saturated rings. The van der Waals surface area contributed by atoms with Crippen LogP contribution in [0.1, 0.15) is 71.1 Å². The van der Waals surface area contributed by atoms with E-state index >= 15 is 0 Å². The summed E-state index contributed by atoms with van der Waals surface area (Å²) in [5, 5.41) is 18.1. The molecule has 0 atom stereocenters. The van der Waals surface area contributed by atoms with Gasteiger partial charge in [0.2, 0.25) is 0 Å². The van der Waals surface area contributed by atoms with Gasteiger partial charge in [0.25, 0.3) is 0 Å². The van der Waals surface area contributed by atoms with Crippen LogP contribution in [0.5, 0.6) is 0 Å². The smallest absolute Gasteiger partial charge is 0.183 e. The van der Waals surface area contributed by atoms with E-state index < -0.39 is 0 Å². The van der Waals surface area contributed by atoms with E-state index in [4.69, 9.17) is 14.9 Å². The Hall–Kier alpha value is -0.160. The molecule has 0 amide bonds. The maximum atomic E-state index is 9.07. The first-order chi connectivity index (χ1) is 10.7. The zero-order valence-corrected chi connectivity index (χ0v) is 15.1. The number of aliphatic hydroxyl groups excluding tert-OH is 2. The first-order valence-electron chi connectivity index (χ1n) is 9.31. The van der Waals surface area contributed by atoms with Gasteiger partial charge in [0.05, 0.1) is 26.9 Å². The van der Waals surface area contributed by atoms with Gasteiger partial charge in [0, 0.05) is 0 Å². The van der Waals surface area contributed by atoms with Crippen molar-refractivity contribution in [3.63, 3.8) is 0 Å². The van der Waals surface area contributed by atoms with Crippen molar-refractivity contribution in [2.75, 3.05) is 46.7 Å². The Balaban J connectivity index is 3.34. The van der Waals surface area contributed by atoms with Gasteiger partial charge in [-0.15, -0.1) is 0 Å². The van der Waals surface area contributed by atoms with Gasteiger partial charge >= 0.3 is 0 Å². The summed E-state index contributed by atoms with van der Waals surface area (Å²) in [4.78, 5) is 0. The molecule has 0 heterocycles. The van der Waals surface area contributed by atoms with E-state index in [1.54, 1.807) is 0 Å². The topological polar surface area (TPSA) is 49.7 Å².